The van der Waals surface area contributed by atoms with Crippen LogP contribution in [0, 0.1) is 23.6 Å². The second-order valence-corrected chi connectivity index (χ2v) is 11.0. The highest BCUT2D eigenvalue weighted by molar-refractivity contribution is 5.97. The van der Waals surface area contributed by atoms with Crippen LogP contribution >= 0.6 is 0 Å². The highest BCUT2D eigenvalue weighted by atomic mass is 19.3. The fourth-order valence-corrected chi connectivity index (χ4v) is 6.21. The number of carbonyl (C=O) groups is 3. The molecule has 3 rings (SSSR count). The number of alkyl halides is 3. The van der Waals surface area contributed by atoms with E-state index in [1.165, 1.54) is 32.0 Å². The number of nitrogens with two attached hydrogens (primary N) is 1. The number of hydrogen-bond donors (Lipinski definition) is 4. The van der Waals surface area contributed by atoms with Crippen molar-refractivity contribution in [3.05, 3.63) is 23.5 Å². The van der Waals surface area contributed by atoms with Gasteiger partial charge in [0.1, 0.15) is 5.82 Å². The lowest BCUT2D eigenvalue weighted by molar-refractivity contribution is -0.126. The van der Waals surface area contributed by atoms with Gasteiger partial charge < -0.3 is 21.7 Å². The standard InChI is InChI=1S/C28H40F4N4O3/c1-15(27(38)36-26(32)25(30)31)19-13-20(29)22(14-21(19)34-16(2)37)35-28(39)24(33)23(17-9-5-3-6-10-17)18-11-7-4-8-12-18/h13-15,17-18,23-26H,3-12,33H2,1-2H3,(H,34,37)(H,35,39)(H,36,38)/t15?,24-,26?/m0/s1. The molecule has 0 spiro atoms. The fraction of sp³-hybridized carbons (Fsp3) is 0.679. The Morgan fingerprint density at radius 3 is 1.87 bits per heavy atom. The van der Waals surface area contributed by atoms with Crippen LogP contribution in [0.4, 0.5) is 28.9 Å². The molecule has 39 heavy (non-hydrogen) atoms. The molecule has 1 aromatic rings. The molecule has 2 aliphatic rings. The van der Waals surface area contributed by atoms with Gasteiger partial charge in [-0.15, -0.1) is 0 Å². The number of amides is 3. The summed E-state index contributed by atoms with van der Waals surface area (Å²) in [6.45, 7) is 2.46. The van der Waals surface area contributed by atoms with Crippen LogP contribution in [0.5, 0.6) is 0 Å². The van der Waals surface area contributed by atoms with E-state index in [0.29, 0.717) is 11.8 Å². The van der Waals surface area contributed by atoms with Gasteiger partial charge in [-0.2, -0.15) is 0 Å². The zero-order chi connectivity index (χ0) is 28.7. The Morgan fingerprint density at radius 2 is 1.38 bits per heavy atom. The molecular weight excluding hydrogens is 516 g/mol. The van der Waals surface area contributed by atoms with Gasteiger partial charge in [0, 0.05) is 12.6 Å². The topological polar surface area (TPSA) is 113 Å². The average molecular weight is 557 g/mol. The summed E-state index contributed by atoms with van der Waals surface area (Å²) in [6.07, 6.45) is 4.49. The van der Waals surface area contributed by atoms with Gasteiger partial charge in [-0.05, 0) is 42.4 Å². The fourth-order valence-electron chi connectivity index (χ4n) is 6.21. The number of rotatable bonds is 10. The van der Waals surface area contributed by atoms with E-state index in [1.54, 1.807) is 0 Å². The van der Waals surface area contributed by atoms with E-state index in [0.717, 1.165) is 63.5 Å². The normalized spacial score (nSPS) is 19.4. The van der Waals surface area contributed by atoms with Crippen LogP contribution in [0.2, 0.25) is 0 Å². The molecule has 218 valence electrons. The lowest BCUT2D eigenvalue weighted by Gasteiger charge is -2.40. The molecule has 2 unspecified atom stereocenters. The van der Waals surface area contributed by atoms with Gasteiger partial charge in [0.05, 0.1) is 17.6 Å². The van der Waals surface area contributed by atoms with Crippen LogP contribution in [-0.2, 0) is 14.4 Å². The van der Waals surface area contributed by atoms with Crippen molar-refractivity contribution in [2.45, 2.75) is 103 Å². The van der Waals surface area contributed by atoms with E-state index >= 15 is 4.39 Å². The Bertz CT molecular complexity index is 995. The minimum Gasteiger partial charge on any atom is -0.326 e. The largest absolute Gasteiger partial charge is 0.326 e. The van der Waals surface area contributed by atoms with Crippen molar-refractivity contribution in [2.24, 2.45) is 23.5 Å². The lowest BCUT2D eigenvalue weighted by Crippen LogP contribution is -2.48. The number of hydrogen-bond acceptors (Lipinski definition) is 4. The predicted octanol–water partition coefficient (Wildman–Crippen LogP) is 5.61. The first-order valence-electron chi connectivity index (χ1n) is 13.9. The molecule has 2 aliphatic carbocycles. The minimum absolute atomic E-state index is 0.0148. The number of nitrogens with one attached hydrogen (secondary N) is 3. The zero-order valence-corrected chi connectivity index (χ0v) is 22.6. The average Bonchev–Trinajstić information content (AvgIpc) is 2.90. The molecule has 0 heterocycles. The summed E-state index contributed by atoms with van der Waals surface area (Å²) < 4.78 is 53.7. The Hall–Kier alpha value is -2.69. The number of carbonyl (C=O) groups excluding carboxylic acids is 3. The molecule has 2 fully saturated rings. The summed E-state index contributed by atoms with van der Waals surface area (Å²) in [5.41, 5.74) is 6.26. The van der Waals surface area contributed by atoms with Gasteiger partial charge in [0.2, 0.25) is 24.0 Å². The van der Waals surface area contributed by atoms with E-state index in [9.17, 15) is 27.6 Å². The van der Waals surface area contributed by atoms with Crippen LogP contribution in [0.3, 0.4) is 0 Å². The van der Waals surface area contributed by atoms with E-state index < -0.39 is 48.2 Å². The van der Waals surface area contributed by atoms with Gasteiger partial charge in [0.15, 0.2) is 0 Å². The van der Waals surface area contributed by atoms with Crippen LogP contribution < -0.4 is 21.7 Å². The molecule has 11 heteroatoms. The number of benzene rings is 1. The van der Waals surface area contributed by atoms with E-state index in [1.807, 2.05) is 0 Å². The highest BCUT2D eigenvalue weighted by Gasteiger charge is 2.38. The maximum atomic E-state index is 15.2. The molecule has 0 aliphatic heterocycles. The van der Waals surface area contributed by atoms with E-state index in [-0.39, 0.29) is 22.9 Å². The predicted molar refractivity (Wildman–Crippen MR) is 141 cm³/mol. The monoisotopic (exact) mass is 556 g/mol. The van der Waals surface area contributed by atoms with Crippen LogP contribution in [0.25, 0.3) is 0 Å². The van der Waals surface area contributed by atoms with Gasteiger partial charge in [-0.25, -0.2) is 17.6 Å². The van der Waals surface area contributed by atoms with Crippen molar-refractivity contribution in [3.63, 3.8) is 0 Å². The summed E-state index contributed by atoms with van der Waals surface area (Å²) in [5, 5.41) is 6.58. The van der Waals surface area contributed by atoms with E-state index in [4.69, 9.17) is 5.73 Å². The molecule has 0 radical (unpaired) electrons. The smallest absolute Gasteiger partial charge is 0.287 e. The lowest BCUT2D eigenvalue weighted by atomic mass is 9.66. The van der Waals surface area contributed by atoms with Crippen LogP contribution in [0.15, 0.2) is 12.1 Å². The van der Waals surface area contributed by atoms with Crippen molar-refractivity contribution in [1.29, 1.82) is 0 Å². The first-order valence-corrected chi connectivity index (χ1v) is 13.9. The third kappa shape index (κ3) is 8.16. The summed E-state index contributed by atoms with van der Waals surface area (Å²) in [7, 11) is 0. The van der Waals surface area contributed by atoms with Crippen molar-refractivity contribution < 1.29 is 31.9 Å². The van der Waals surface area contributed by atoms with Crippen molar-refractivity contribution in [3.8, 4) is 0 Å². The second-order valence-electron chi connectivity index (χ2n) is 11.0. The van der Waals surface area contributed by atoms with Crippen molar-refractivity contribution in [2.75, 3.05) is 10.6 Å². The molecule has 3 amide bonds. The molecule has 2 saturated carbocycles. The molecule has 1 aromatic carbocycles. The van der Waals surface area contributed by atoms with Crippen molar-refractivity contribution >= 4 is 29.1 Å². The van der Waals surface area contributed by atoms with Gasteiger partial charge in [0.25, 0.3) is 6.43 Å². The molecular formula is C28H40F4N4O3. The molecule has 0 saturated heterocycles. The van der Waals surface area contributed by atoms with Crippen LogP contribution in [-0.4, -0.2) is 36.5 Å². The summed E-state index contributed by atoms with van der Waals surface area (Å²) >= 11 is 0. The third-order valence-electron chi connectivity index (χ3n) is 8.17. The Balaban J connectivity index is 1.84. The third-order valence-corrected chi connectivity index (χ3v) is 8.17. The Kier molecular flexibility index (Phi) is 11.1. The zero-order valence-electron chi connectivity index (χ0n) is 22.6. The maximum Gasteiger partial charge on any atom is 0.287 e. The molecule has 0 bridgehead atoms. The maximum absolute atomic E-state index is 15.2. The Morgan fingerprint density at radius 1 is 0.846 bits per heavy atom. The number of anilines is 2. The molecule has 7 nitrogen and oxygen atoms in total. The summed E-state index contributed by atoms with van der Waals surface area (Å²) in [4.78, 5) is 37.5. The summed E-state index contributed by atoms with van der Waals surface area (Å²) in [6, 6.07) is 1.24. The van der Waals surface area contributed by atoms with Gasteiger partial charge in [-0.1, -0.05) is 64.2 Å². The second kappa shape index (κ2) is 14.1. The molecule has 5 N–H and O–H groups in total. The van der Waals surface area contributed by atoms with Crippen molar-refractivity contribution in [1.82, 2.24) is 5.32 Å². The highest BCUT2D eigenvalue weighted by Crippen LogP contribution is 2.41. The molecule has 3 atom stereocenters. The summed E-state index contributed by atoms with van der Waals surface area (Å²) in [5.74, 6) is -3.74. The molecule has 0 aromatic heterocycles. The Labute approximate surface area is 227 Å². The number of halogens is 4. The van der Waals surface area contributed by atoms with Gasteiger partial charge in [-0.3, -0.25) is 14.4 Å². The van der Waals surface area contributed by atoms with Gasteiger partial charge >= 0.3 is 0 Å². The minimum atomic E-state index is -3.43. The van der Waals surface area contributed by atoms with E-state index in [2.05, 4.69) is 10.6 Å². The quantitative estimate of drug-likeness (QED) is 0.222. The SMILES string of the molecule is CC(=O)Nc1cc(NC(=O)[C@@H](N)C(C2CCCCC2)C2CCCCC2)c(F)cc1C(C)C(=O)NC(F)C(F)F. The van der Waals surface area contributed by atoms with Crippen LogP contribution in [0.1, 0.15) is 89.5 Å². The first kappa shape index (κ1) is 30.8. The first-order chi connectivity index (χ1) is 18.5.